The van der Waals surface area contributed by atoms with Crippen LogP contribution in [0.2, 0.25) is 10.0 Å². The van der Waals surface area contributed by atoms with Crippen LogP contribution >= 0.6 is 23.2 Å². The summed E-state index contributed by atoms with van der Waals surface area (Å²) in [5.74, 6) is 0. The molecule has 1 heterocycles. The molecule has 3 aromatic rings. The predicted octanol–water partition coefficient (Wildman–Crippen LogP) is 5.00. The molecule has 10 heteroatoms. The Morgan fingerprint density at radius 2 is 1.84 bits per heavy atom. The van der Waals surface area contributed by atoms with Gasteiger partial charge in [-0.2, -0.15) is 0 Å². The molecule has 0 aliphatic rings. The molecule has 0 radical (unpaired) electrons. The lowest BCUT2D eigenvalue weighted by Crippen LogP contribution is -1.96. The highest BCUT2D eigenvalue weighted by Crippen LogP contribution is 2.32. The lowest BCUT2D eigenvalue weighted by atomic mass is 10.1. The van der Waals surface area contributed by atoms with Crippen LogP contribution in [-0.4, -0.2) is 15.1 Å². The standard InChI is InChI=1S/C15H9Cl2N5O3/c16-9-4-5-11(17)12(7-9)18-20-14-13(19-21-15(14)23)8-2-1-3-10(6-8)22(24)25/h1-7H,(H2,19,21,23). The molecule has 0 aliphatic heterocycles. The van der Waals surface area contributed by atoms with E-state index < -0.39 is 10.5 Å². The van der Waals surface area contributed by atoms with Gasteiger partial charge in [0.1, 0.15) is 5.69 Å². The second-order valence-corrected chi connectivity index (χ2v) is 5.75. The molecule has 2 aromatic carbocycles. The van der Waals surface area contributed by atoms with Gasteiger partial charge < -0.3 is 0 Å². The maximum atomic E-state index is 12.0. The fourth-order valence-corrected chi connectivity index (χ4v) is 2.42. The van der Waals surface area contributed by atoms with E-state index in [1.54, 1.807) is 18.2 Å². The summed E-state index contributed by atoms with van der Waals surface area (Å²) in [7, 11) is 0. The Kier molecular flexibility index (Phi) is 4.64. The molecule has 0 fully saturated rings. The van der Waals surface area contributed by atoms with Gasteiger partial charge in [0.2, 0.25) is 0 Å². The van der Waals surface area contributed by atoms with E-state index in [9.17, 15) is 14.9 Å². The molecular weight excluding hydrogens is 369 g/mol. The Hall–Kier alpha value is -2.97. The highest BCUT2D eigenvalue weighted by molar-refractivity contribution is 6.35. The molecule has 126 valence electrons. The third kappa shape index (κ3) is 3.59. The summed E-state index contributed by atoms with van der Waals surface area (Å²) in [6.07, 6.45) is 0. The van der Waals surface area contributed by atoms with Crippen LogP contribution in [0.5, 0.6) is 0 Å². The van der Waals surface area contributed by atoms with Crippen molar-refractivity contribution in [1.29, 1.82) is 0 Å². The van der Waals surface area contributed by atoms with Crippen LogP contribution in [0, 0.1) is 10.1 Å². The van der Waals surface area contributed by atoms with Crippen LogP contribution in [0.1, 0.15) is 0 Å². The molecule has 0 atom stereocenters. The fraction of sp³-hybridized carbons (Fsp3) is 0. The van der Waals surface area contributed by atoms with Gasteiger partial charge in [-0.1, -0.05) is 35.3 Å². The number of nitro benzene ring substituents is 1. The van der Waals surface area contributed by atoms with Gasteiger partial charge >= 0.3 is 0 Å². The molecule has 0 bridgehead atoms. The highest BCUT2D eigenvalue weighted by Gasteiger charge is 2.15. The van der Waals surface area contributed by atoms with Crippen LogP contribution in [0.15, 0.2) is 57.5 Å². The first-order valence-electron chi connectivity index (χ1n) is 6.88. The van der Waals surface area contributed by atoms with Crippen molar-refractivity contribution in [2.45, 2.75) is 0 Å². The zero-order chi connectivity index (χ0) is 18.0. The summed E-state index contributed by atoms with van der Waals surface area (Å²) >= 11 is 11.9. The zero-order valence-corrected chi connectivity index (χ0v) is 13.9. The van der Waals surface area contributed by atoms with E-state index in [4.69, 9.17) is 23.2 Å². The van der Waals surface area contributed by atoms with Crippen molar-refractivity contribution >= 4 is 40.3 Å². The van der Waals surface area contributed by atoms with Crippen LogP contribution in [0.25, 0.3) is 11.3 Å². The number of nitrogens with one attached hydrogen (secondary N) is 2. The van der Waals surface area contributed by atoms with Crippen molar-refractivity contribution in [2.75, 3.05) is 0 Å². The van der Waals surface area contributed by atoms with Gasteiger partial charge in [0.15, 0.2) is 5.69 Å². The van der Waals surface area contributed by atoms with Gasteiger partial charge in [-0.05, 0) is 18.2 Å². The second kappa shape index (κ2) is 6.88. The van der Waals surface area contributed by atoms with Gasteiger partial charge in [-0.3, -0.25) is 25.1 Å². The number of azo groups is 1. The van der Waals surface area contributed by atoms with E-state index in [0.717, 1.165) is 0 Å². The smallest absolute Gasteiger partial charge is 0.292 e. The van der Waals surface area contributed by atoms with Crippen LogP contribution in [0.3, 0.4) is 0 Å². The minimum atomic E-state index is -0.527. The maximum Gasteiger partial charge on any atom is 0.292 e. The summed E-state index contributed by atoms with van der Waals surface area (Å²) < 4.78 is 0. The number of halogens is 2. The van der Waals surface area contributed by atoms with Crippen molar-refractivity contribution in [3.8, 4) is 11.3 Å². The molecule has 0 saturated heterocycles. The number of aromatic nitrogens is 2. The molecule has 0 aliphatic carbocycles. The summed E-state index contributed by atoms with van der Waals surface area (Å²) in [5.41, 5.74) is 0.314. The fourth-order valence-electron chi connectivity index (χ4n) is 2.10. The van der Waals surface area contributed by atoms with E-state index in [0.29, 0.717) is 21.3 Å². The van der Waals surface area contributed by atoms with Crippen molar-refractivity contribution in [3.05, 3.63) is 73.0 Å². The molecule has 0 spiro atoms. The predicted molar refractivity (Wildman–Crippen MR) is 94.1 cm³/mol. The largest absolute Gasteiger partial charge is 0.295 e. The van der Waals surface area contributed by atoms with E-state index in [2.05, 4.69) is 20.4 Å². The quantitative estimate of drug-likeness (QED) is 0.378. The summed E-state index contributed by atoms with van der Waals surface area (Å²) in [4.78, 5) is 22.4. The maximum absolute atomic E-state index is 12.0. The van der Waals surface area contributed by atoms with Crippen LogP contribution in [-0.2, 0) is 0 Å². The Bertz CT molecular complexity index is 1040. The van der Waals surface area contributed by atoms with Crippen molar-refractivity contribution < 1.29 is 4.92 Å². The van der Waals surface area contributed by atoms with Crippen LogP contribution in [0.4, 0.5) is 17.1 Å². The average molecular weight is 378 g/mol. The third-order valence-electron chi connectivity index (χ3n) is 3.26. The van der Waals surface area contributed by atoms with Gasteiger partial charge in [0.25, 0.3) is 11.2 Å². The molecule has 0 amide bonds. The second-order valence-electron chi connectivity index (χ2n) is 4.91. The monoisotopic (exact) mass is 377 g/mol. The lowest BCUT2D eigenvalue weighted by molar-refractivity contribution is -0.384. The molecule has 25 heavy (non-hydrogen) atoms. The normalized spacial score (nSPS) is 11.1. The summed E-state index contributed by atoms with van der Waals surface area (Å²) in [6, 6.07) is 10.4. The Morgan fingerprint density at radius 1 is 1.04 bits per heavy atom. The first-order valence-corrected chi connectivity index (χ1v) is 7.63. The van der Waals surface area contributed by atoms with Crippen LogP contribution < -0.4 is 5.56 Å². The Morgan fingerprint density at radius 3 is 2.60 bits per heavy atom. The molecule has 8 nitrogen and oxygen atoms in total. The topological polar surface area (TPSA) is 117 Å². The number of rotatable bonds is 4. The molecule has 2 N–H and O–H groups in total. The number of nitrogens with zero attached hydrogens (tertiary/aromatic N) is 3. The van der Waals surface area contributed by atoms with Crippen molar-refractivity contribution in [3.63, 3.8) is 0 Å². The minimum Gasteiger partial charge on any atom is -0.295 e. The zero-order valence-electron chi connectivity index (χ0n) is 12.4. The number of H-pyrrole nitrogens is 2. The van der Waals surface area contributed by atoms with Gasteiger partial charge in [-0.15, -0.1) is 10.2 Å². The summed E-state index contributed by atoms with van der Waals surface area (Å²) in [5, 5.41) is 24.5. The number of aromatic amines is 2. The number of hydrogen-bond acceptors (Lipinski definition) is 5. The molecular formula is C15H9Cl2N5O3. The van der Waals surface area contributed by atoms with Gasteiger partial charge in [0.05, 0.1) is 15.6 Å². The van der Waals surface area contributed by atoms with E-state index >= 15 is 0 Å². The highest BCUT2D eigenvalue weighted by atomic mass is 35.5. The average Bonchev–Trinajstić information content (AvgIpc) is 2.96. The Balaban J connectivity index is 2.04. The number of nitro groups is 1. The first-order chi connectivity index (χ1) is 12.0. The Labute approximate surface area is 150 Å². The molecule has 3 rings (SSSR count). The van der Waals surface area contributed by atoms with Gasteiger partial charge in [-0.25, -0.2) is 0 Å². The third-order valence-corrected chi connectivity index (χ3v) is 3.82. The molecule has 0 saturated carbocycles. The molecule has 0 unspecified atom stereocenters. The van der Waals surface area contributed by atoms with E-state index in [1.807, 2.05) is 0 Å². The van der Waals surface area contributed by atoms with E-state index in [-0.39, 0.29) is 17.1 Å². The first kappa shape index (κ1) is 16.9. The number of benzene rings is 2. The summed E-state index contributed by atoms with van der Waals surface area (Å²) in [6.45, 7) is 0. The van der Waals surface area contributed by atoms with Crippen molar-refractivity contribution in [2.24, 2.45) is 10.2 Å². The van der Waals surface area contributed by atoms with Crippen molar-refractivity contribution in [1.82, 2.24) is 10.2 Å². The molecule has 1 aromatic heterocycles. The van der Waals surface area contributed by atoms with E-state index in [1.165, 1.54) is 24.3 Å². The SMILES string of the molecule is O=c1[nH][nH]c(-c2cccc([N+](=O)[O-])c2)c1N=Nc1cc(Cl)ccc1Cl. The minimum absolute atomic E-state index is 0.0310. The lowest BCUT2D eigenvalue weighted by Gasteiger charge is -2.00. The van der Waals surface area contributed by atoms with Gasteiger partial charge in [0, 0.05) is 22.7 Å². The number of non-ortho nitro benzene ring substituents is 1. The number of hydrogen-bond donors (Lipinski definition) is 2.